The van der Waals surface area contributed by atoms with E-state index in [1.54, 1.807) is 12.1 Å². The SMILES string of the molecule is COCCc1noc([C@@H]2CC(F)(F)CN2C(=O)c2ccccn2)n1. The van der Waals surface area contributed by atoms with Crippen molar-refractivity contribution in [2.45, 2.75) is 24.8 Å². The highest BCUT2D eigenvalue weighted by molar-refractivity contribution is 5.92. The van der Waals surface area contributed by atoms with Crippen LogP contribution in [0.15, 0.2) is 28.9 Å². The monoisotopic (exact) mass is 338 g/mol. The Balaban J connectivity index is 1.84. The molecule has 0 unspecified atom stereocenters. The lowest BCUT2D eigenvalue weighted by Gasteiger charge is -2.20. The lowest BCUT2D eigenvalue weighted by Crippen LogP contribution is -2.33. The van der Waals surface area contributed by atoms with Gasteiger partial charge in [-0.3, -0.25) is 9.78 Å². The molecular weight excluding hydrogens is 322 g/mol. The van der Waals surface area contributed by atoms with E-state index < -0.39 is 30.8 Å². The molecular formula is C15H16F2N4O3. The third-order valence-corrected chi connectivity index (χ3v) is 3.71. The largest absolute Gasteiger partial charge is 0.384 e. The lowest BCUT2D eigenvalue weighted by atomic mass is 10.2. The summed E-state index contributed by atoms with van der Waals surface area (Å²) < 4.78 is 37.8. The van der Waals surface area contributed by atoms with Gasteiger partial charge in [0.05, 0.1) is 13.2 Å². The maximum atomic E-state index is 13.9. The normalized spacial score (nSPS) is 19.6. The number of aromatic nitrogens is 3. The molecule has 24 heavy (non-hydrogen) atoms. The van der Waals surface area contributed by atoms with Crippen molar-refractivity contribution in [2.75, 3.05) is 20.3 Å². The average Bonchev–Trinajstić information content (AvgIpc) is 3.17. The van der Waals surface area contributed by atoms with Gasteiger partial charge in [0.2, 0.25) is 5.89 Å². The van der Waals surface area contributed by atoms with Crippen LogP contribution in [-0.4, -0.2) is 52.1 Å². The molecule has 0 bridgehead atoms. The van der Waals surface area contributed by atoms with Crippen LogP contribution in [0, 0.1) is 0 Å². The Kier molecular flexibility index (Phi) is 4.52. The number of rotatable bonds is 5. The molecule has 0 saturated carbocycles. The van der Waals surface area contributed by atoms with Gasteiger partial charge in [-0.25, -0.2) is 8.78 Å². The van der Waals surface area contributed by atoms with E-state index in [-0.39, 0.29) is 11.6 Å². The minimum absolute atomic E-state index is 0.00237. The molecule has 3 heterocycles. The zero-order valence-electron chi connectivity index (χ0n) is 13.0. The predicted molar refractivity (Wildman–Crippen MR) is 77.5 cm³/mol. The topological polar surface area (TPSA) is 81.4 Å². The third kappa shape index (κ3) is 3.40. The molecule has 0 aromatic carbocycles. The van der Waals surface area contributed by atoms with Gasteiger partial charge < -0.3 is 14.2 Å². The van der Waals surface area contributed by atoms with Crippen LogP contribution >= 0.6 is 0 Å². The van der Waals surface area contributed by atoms with Gasteiger partial charge in [-0.1, -0.05) is 11.2 Å². The Morgan fingerprint density at radius 3 is 3.04 bits per heavy atom. The first-order valence-corrected chi connectivity index (χ1v) is 7.41. The Morgan fingerprint density at radius 1 is 1.50 bits per heavy atom. The van der Waals surface area contributed by atoms with E-state index in [1.807, 2.05) is 0 Å². The average molecular weight is 338 g/mol. The maximum Gasteiger partial charge on any atom is 0.273 e. The molecule has 7 nitrogen and oxygen atoms in total. The van der Waals surface area contributed by atoms with Crippen LogP contribution in [0.25, 0.3) is 0 Å². The summed E-state index contributed by atoms with van der Waals surface area (Å²) in [5, 5.41) is 3.75. The molecule has 128 valence electrons. The number of hydrogen-bond donors (Lipinski definition) is 0. The van der Waals surface area contributed by atoms with Gasteiger partial charge in [0.1, 0.15) is 11.7 Å². The number of amides is 1. The van der Waals surface area contributed by atoms with E-state index >= 15 is 0 Å². The minimum atomic E-state index is -3.02. The number of halogens is 2. The number of hydrogen-bond acceptors (Lipinski definition) is 6. The molecule has 2 aromatic heterocycles. The Bertz CT molecular complexity index is 708. The van der Waals surface area contributed by atoms with Crippen LogP contribution in [0.3, 0.4) is 0 Å². The number of ether oxygens (including phenoxy) is 1. The second kappa shape index (κ2) is 6.60. The fourth-order valence-electron chi connectivity index (χ4n) is 2.59. The molecule has 1 aliphatic rings. The first-order chi connectivity index (χ1) is 11.5. The number of methoxy groups -OCH3 is 1. The first-order valence-electron chi connectivity index (χ1n) is 7.41. The summed E-state index contributed by atoms with van der Waals surface area (Å²) in [6.07, 6.45) is 1.28. The maximum absolute atomic E-state index is 13.9. The number of alkyl halides is 2. The lowest BCUT2D eigenvalue weighted by molar-refractivity contribution is 0.0116. The standard InChI is InChI=1S/C15H16F2N4O3/c1-23-7-5-12-19-13(24-20-12)11-8-15(16,17)9-21(11)14(22)10-4-2-3-6-18-10/h2-4,6,11H,5,7-9H2,1H3/t11-/m0/s1. The zero-order chi connectivity index (χ0) is 17.2. The zero-order valence-corrected chi connectivity index (χ0v) is 13.0. The highest BCUT2D eigenvalue weighted by Crippen LogP contribution is 2.41. The smallest absolute Gasteiger partial charge is 0.273 e. The fraction of sp³-hybridized carbons (Fsp3) is 0.467. The Morgan fingerprint density at radius 2 is 2.33 bits per heavy atom. The van der Waals surface area contributed by atoms with E-state index in [2.05, 4.69) is 15.1 Å². The van der Waals surface area contributed by atoms with E-state index in [0.29, 0.717) is 18.9 Å². The Hall–Kier alpha value is -2.42. The van der Waals surface area contributed by atoms with Gasteiger partial charge >= 0.3 is 0 Å². The van der Waals surface area contributed by atoms with Gasteiger partial charge in [-0.15, -0.1) is 0 Å². The first kappa shape index (κ1) is 16.4. The summed E-state index contributed by atoms with van der Waals surface area (Å²) in [7, 11) is 1.53. The van der Waals surface area contributed by atoms with Gasteiger partial charge in [-0.05, 0) is 12.1 Å². The van der Waals surface area contributed by atoms with Crippen LogP contribution in [0.2, 0.25) is 0 Å². The summed E-state index contributed by atoms with van der Waals surface area (Å²) in [5.74, 6) is -3.25. The van der Waals surface area contributed by atoms with Crippen molar-refractivity contribution >= 4 is 5.91 Å². The molecule has 1 saturated heterocycles. The van der Waals surface area contributed by atoms with Gasteiger partial charge in [-0.2, -0.15) is 4.98 Å². The van der Waals surface area contributed by atoms with Crippen LogP contribution in [0.4, 0.5) is 8.78 Å². The molecule has 1 fully saturated rings. The van der Waals surface area contributed by atoms with Crippen molar-refractivity contribution in [3.63, 3.8) is 0 Å². The van der Waals surface area contributed by atoms with Gasteiger partial charge in [0, 0.05) is 26.1 Å². The quantitative estimate of drug-likeness (QED) is 0.828. The molecule has 1 amide bonds. The molecule has 9 heteroatoms. The fourth-order valence-corrected chi connectivity index (χ4v) is 2.59. The van der Waals surface area contributed by atoms with Crippen LogP contribution < -0.4 is 0 Å². The van der Waals surface area contributed by atoms with Crippen molar-refractivity contribution in [1.82, 2.24) is 20.0 Å². The summed E-state index contributed by atoms with van der Waals surface area (Å²) in [6, 6.07) is 3.78. The van der Waals surface area contributed by atoms with Crippen molar-refractivity contribution in [3.8, 4) is 0 Å². The van der Waals surface area contributed by atoms with E-state index in [0.717, 1.165) is 4.90 Å². The predicted octanol–water partition coefficient (Wildman–Crippen LogP) is 1.88. The van der Waals surface area contributed by atoms with E-state index in [1.165, 1.54) is 19.4 Å². The molecule has 0 spiro atoms. The number of likely N-dealkylation sites (tertiary alicyclic amines) is 1. The molecule has 3 rings (SSSR count). The third-order valence-electron chi connectivity index (χ3n) is 3.71. The van der Waals surface area contributed by atoms with Gasteiger partial charge in [0.15, 0.2) is 5.82 Å². The molecule has 0 radical (unpaired) electrons. The van der Waals surface area contributed by atoms with Gasteiger partial charge in [0.25, 0.3) is 11.8 Å². The Labute approximate surface area is 136 Å². The molecule has 0 aliphatic carbocycles. The van der Waals surface area contributed by atoms with Crippen molar-refractivity contribution in [1.29, 1.82) is 0 Å². The number of carbonyl (C=O) groups is 1. The number of nitrogens with zero attached hydrogens (tertiary/aromatic N) is 4. The second-order valence-corrected chi connectivity index (χ2v) is 5.52. The molecule has 0 N–H and O–H groups in total. The van der Waals surface area contributed by atoms with Crippen molar-refractivity contribution in [2.24, 2.45) is 0 Å². The van der Waals surface area contributed by atoms with Crippen molar-refractivity contribution in [3.05, 3.63) is 41.8 Å². The summed E-state index contributed by atoms with van der Waals surface area (Å²) in [5.41, 5.74) is 0.0966. The minimum Gasteiger partial charge on any atom is -0.384 e. The highest BCUT2D eigenvalue weighted by Gasteiger charge is 2.50. The van der Waals surface area contributed by atoms with Crippen molar-refractivity contribution < 1.29 is 22.8 Å². The summed E-state index contributed by atoms with van der Waals surface area (Å²) in [6.45, 7) is -0.320. The number of pyridine rings is 1. The summed E-state index contributed by atoms with van der Waals surface area (Å²) >= 11 is 0. The molecule has 2 aromatic rings. The molecule has 1 aliphatic heterocycles. The van der Waals surface area contributed by atoms with E-state index in [9.17, 15) is 13.6 Å². The van der Waals surface area contributed by atoms with Crippen LogP contribution in [0.5, 0.6) is 0 Å². The van der Waals surface area contributed by atoms with E-state index in [4.69, 9.17) is 9.26 Å². The highest BCUT2D eigenvalue weighted by atomic mass is 19.3. The second-order valence-electron chi connectivity index (χ2n) is 5.52. The summed E-state index contributed by atoms with van der Waals surface area (Å²) in [4.78, 5) is 21.6. The van der Waals surface area contributed by atoms with Crippen LogP contribution in [0.1, 0.15) is 34.7 Å². The number of carbonyl (C=O) groups excluding carboxylic acids is 1. The molecule has 1 atom stereocenters. The van der Waals surface area contributed by atoms with Crippen LogP contribution in [-0.2, 0) is 11.2 Å².